The topological polar surface area (TPSA) is 83.1 Å². The van der Waals surface area contributed by atoms with Gasteiger partial charge in [-0.3, -0.25) is 10.4 Å². The minimum absolute atomic E-state index is 0.0238. The Balaban J connectivity index is 2.61. The number of morpholine rings is 1. The molecule has 17 heavy (non-hydrogen) atoms. The van der Waals surface area contributed by atoms with Gasteiger partial charge in [0.2, 0.25) is 5.96 Å². The number of aliphatic hydroxyl groups is 1. The summed E-state index contributed by atoms with van der Waals surface area (Å²) >= 11 is 0. The van der Waals surface area contributed by atoms with Crippen LogP contribution in [0.5, 0.6) is 0 Å². The summed E-state index contributed by atoms with van der Waals surface area (Å²) in [5.74, 6) is 6.20. The molecule has 0 radical (unpaired) electrons. The molecule has 0 aromatic heterocycles. The van der Waals surface area contributed by atoms with E-state index in [0.29, 0.717) is 19.1 Å². The molecule has 2 unspecified atom stereocenters. The zero-order chi connectivity index (χ0) is 12.7. The van der Waals surface area contributed by atoms with Crippen molar-refractivity contribution in [2.24, 2.45) is 10.8 Å². The molecule has 6 nitrogen and oxygen atoms in total. The molecule has 1 aliphatic heterocycles. The Bertz CT molecular complexity index is 248. The van der Waals surface area contributed by atoms with Crippen LogP contribution in [0, 0.1) is 0 Å². The third kappa shape index (κ3) is 4.14. The number of aliphatic hydroxyl groups excluding tert-OH is 1. The van der Waals surface area contributed by atoms with Gasteiger partial charge in [0.15, 0.2) is 0 Å². The quantitative estimate of drug-likeness (QED) is 0.208. The predicted octanol–water partition coefficient (Wildman–Crippen LogP) is -0.313. The van der Waals surface area contributed by atoms with E-state index in [1.54, 1.807) is 0 Å². The second kappa shape index (κ2) is 7.47. The van der Waals surface area contributed by atoms with Crippen molar-refractivity contribution in [2.75, 3.05) is 26.3 Å². The summed E-state index contributed by atoms with van der Waals surface area (Å²) in [4.78, 5) is 6.50. The molecule has 100 valence electrons. The van der Waals surface area contributed by atoms with Crippen LogP contribution in [0.4, 0.5) is 0 Å². The zero-order valence-corrected chi connectivity index (χ0v) is 10.7. The Labute approximate surface area is 103 Å². The van der Waals surface area contributed by atoms with Crippen LogP contribution in [0.3, 0.4) is 0 Å². The van der Waals surface area contributed by atoms with Gasteiger partial charge in [-0.2, -0.15) is 0 Å². The highest BCUT2D eigenvalue weighted by Gasteiger charge is 2.27. The largest absolute Gasteiger partial charge is 0.394 e. The van der Waals surface area contributed by atoms with Gasteiger partial charge in [-0.15, -0.1) is 0 Å². The number of hydrogen-bond acceptors (Lipinski definition) is 4. The Morgan fingerprint density at radius 1 is 1.65 bits per heavy atom. The van der Waals surface area contributed by atoms with Gasteiger partial charge in [0.1, 0.15) is 0 Å². The standard InChI is InChI=1S/C11H24N4O2/c1-3-4-5-13-11(14-12)15-6-10(7-16)17-8-9(15)2/h9-10,16H,3-8,12H2,1-2H3,(H,13,14). The lowest BCUT2D eigenvalue weighted by Crippen LogP contribution is -2.57. The van der Waals surface area contributed by atoms with Crippen molar-refractivity contribution in [3.05, 3.63) is 0 Å². The second-order valence-corrected chi connectivity index (χ2v) is 4.34. The molecule has 0 spiro atoms. The minimum Gasteiger partial charge on any atom is -0.394 e. The number of nitrogens with two attached hydrogens (primary N) is 1. The van der Waals surface area contributed by atoms with E-state index in [9.17, 15) is 0 Å². The SMILES string of the molecule is CCCCN=C(NN)N1CC(CO)OCC1C. The molecule has 1 rings (SSSR count). The van der Waals surface area contributed by atoms with Crippen LogP contribution in [-0.4, -0.2) is 54.4 Å². The molecule has 0 aliphatic carbocycles. The van der Waals surface area contributed by atoms with Crippen molar-refractivity contribution in [3.8, 4) is 0 Å². The van der Waals surface area contributed by atoms with Crippen molar-refractivity contribution in [1.82, 2.24) is 10.3 Å². The molecule has 6 heteroatoms. The summed E-state index contributed by atoms with van der Waals surface area (Å²) in [5, 5.41) is 9.12. The van der Waals surface area contributed by atoms with E-state index < -0.39 is 0 Å². The molecule has 0 aromatic rings. The fraction of sp³-hybridized carbons (Fsp3) is 0.909. The lowest BCUT2D eigenvalue weighted by atomic mass is 10.2. The Morgan fingerprint density at radius 3 is 3.00 bits per heavy atom. The number of nitrogens with zero attached hydrogens (tertiary/aromatic N) is 2. The Hall–Kier alpha value is -0.850. The maximum atomic E-state index is 9.12. The maximum Gasteiger partial charge on any atom is 0.208 e. The molecule has 1 fully saturated rings. The van der Waals surface area contributed by atoms with Gasteiger partial charge >= 0.3 is 0 Å². The van der Waals surface area contributed by atoms with Gasteiger partial charge in [0.25, 0.3) is 0 Å². The van der Waals surface area contributed by atoms with Crippen LogP contribution in [0.2, 0.25) is 0 Å². The molecule has 0 amide bonds. The average molecular weight is 244 g/mol. The smallest absolute Gasteiger partial charge is 0.208 e. The van der Waals surface area contributed by atoms with Gasteiger partial charge in [-0.05, 0) is 13.3 Å². The first-order valence-corrected chi connectivity index (χ1v) is 6.23. The van der Waals surface area contributed by atoms with Crippen molar-refractivity contribution in [1.29, 1.82) is 0 Å². The average Bonchev–Trinajstić information content (AvgIpc) is 2.36. The van der Waals surface area contributed by atoms with E-state index in [1.807, 2.05) is 0 Å². The summed E-state index contributed by atoms with van der Waals surface area (Å²) < 4.78 is 5.47. The van der Waals surface area contributed by atoms with Crippen LogP contribution in [0.25, 0.3) is 0 Å². The van der Waals surface area contributed by atoms with Crippen LogP contribution >= 0.6 is 0 Å². The maximum absolute atomic E-state index is 9.12. The van der Waals surface area contributed by atoms with Gasteiger partial charge in [-0.1, -0.05) is 13.3 Å². The van der Waals surface area contributed by atoms with E-state index in [0.717, 1.165) is 19.4 Å². The molecule has 0 bridgehead atoms. The molecule has 2 atom stereocenters. The third-order valence-corrected chi connectivity index (χ3v) is 2.88. The number of aliphatic imine (C=N–C) groups is 1. The van der Waals surface area contributed by atoms with Crippen molar-refractivity contribution >= 4 is 5.96 Å². The van der Waals surface area contributed by atoms with Crippen molar-refractivity contribution in [3.63, 3.8) is 0 Å². The van der Waals surface area contributed by atoms with Crippen LogP contribution in [0.1, 0.15) is 26.7 Å². The number of ether oxygens (including phenoxy) is 1. The van der Waals surface area contributed by atoms with E-state index in [4.69, 9.17) is 15.7 Å². The second-order valence-electron chi connectivity index (χ2n) is 4.34. The fourth-order valence-electron chi connectivity index (χ4n) is 1.79. The van der Waals surface area contributed by atoms with Gasteiger partial charge in [0, 0.05) is 13.1 Å². The molecule has 0 saturated carbocycles. The lowest BCUT2D eigenvalue weighted by Gasteiger charge is -2.38. The summed E-state index contributed by atoms with van der Waals surface area (Å²) in [6, 6.07) is 0.217. The Kier molecular flexibility index (Phi) is 6.25. The van der Waals surface area contributed by atoms with E-state index in [2.05, 4.69) is 29.2 Å². The van der Waals surface area contributed by atoms with E-state index in [1.165, 1.54) is 0 Å². The first-order chi connectivity index (χ1) is 8.22. The molecule has 1 heterocycles. The molecule has 1 saturated heterocycles. The normalized spacial score (nSPS) is 26.1. The van der Waals surface area contributed by atoms with Gasteiger partial charge in [0.05, 0.1) is 25.4 Å². The molecule has 4 N–H and O–H groups in total. The monoisotopic (exact) mass is 244 g/mol. The highest BCUT2D eigenvalue weighted by molar-refractivity contribution is 5.79. The van der Waals surface area contributed by atoms with Gasteiger partial charge in [-0.25, -0.2) is 5.84 Å². The van der Waals surface area contributed by atoms with Crippen molar-refractivity contribution < 1.29 is 9.84 Å². The summed E-state index contributed by atoms with van der Waals surface area (Å²) in [6.07, 6.45) is 2.00. The number of nitrogens with one attached hydrogen (secondary N) is 1. The van der Waals surface area contributed by atoms with E-state index in [-0.39, 0.29) is 18.8 Å². The molecular formula is C11H24N4O2. The van der Waals surface area contributed by atoms with Crippen LogP contribution in [0.15, 0.2) is 4.99 Å². The van der Waals surface area contributed by atoms with E-state index >= 15 is 0 Å². The number of hydrazine groups is 1. The summed E-state index contributed by atoms with van der Waals surface area (Å²) in [7, 11) is 0. The number of rotatable bonds is 4. The highest BCUT2D eigenvalue weighted by Crippen LogP contribution is 2.11. The molecule has 0 aromatic carbocycles. The minimum atomic E-state index is -0.157. The van der Waals surface area contributed by atoms with Crippen LogP contribution < -0.4 is 11.3 Å². The molecular weight excluding hydrogens is 220 g/mol. The summed E-state index contributed by atoms with van der Waals surface area (Å²) in [6.45, 7) is 6.18. The number of unbranched alkanes of at least 4 members (excludes halogenated alkanes) is 1. The first kappa shape index (κ1) is 14.2. The first-order valence-electron chi connectivity index (χ1n) is 6.23. The lowest BCUT2D eigenvalue weighted by molar-refractivity contribution is -0.0570. The number of hydrogen-bond donors (Lipinski definition) is 3. The summed E-state index contributed by atoms with van der Waals surface area (Å²) in [5.41, 5.74) is 2.64. The Morgan fingerprint density at radius 2 is 2.41 bits per heavy atom. The van der Waals surface area contributed by atoms with Gasteiger partial charge < -0.3 is 14.7 Å². The third-order valence-electron chi connectivity index (χ3n) is 2.88. The molecule has 1 aliphatic rings. The fourth-order valence-corrected chi connectivity index (χ4v) is 1.79. The van der Waals surface area contributed by atoms with Crippen molar-refractivity contribution in [2.45, 2.75) is 38.8 Å². The highest BCUT2D eigenvalue weighted by atomic mass is 16.5. The number of guanidine groups is 1. The van der Waals surface area contributed by atoms with Crippen LogP contribution in [-0.2, 0) is 4.74 Å². The predicted molar refractivity (Wildman–Crippen MR) is 67.5 cm³/mol. The zero-order valence-electron chi connectivity index (χ0n) is 10.7.